The average Bonchev–Trinajstić information content (AvgIpc) is 2.77. The van der Waals surface area contributed by atoms with Gasteiger partial charge in [0.2, 0.25) is 10.9 Å². The zero-order valence-corrected chi connectivity index (χ0v) is 8.09. The van der Waals surface area contributed by atoms with Crippen molar-refractivity contribution in [1.29, 1.82) is 0 Å². The van der Waals surface area contributed by atoms with E-state index in [4.69, 9.17) is 16.0 Å². The lowest BCUT2D eigenvalue weighted by atomic mass is 10.5. The largest absolute Gasteiger partial charge is 0.440 e. The molecule has 3 heterocycles. The van der Waals surface area contributed by atoms with Crippen LogP contribution in [0.2, 0.25) is 5.28 Å². The number of hydrogen-bond acceptors (Lipinski definition) is 5. The summed E-state index contributed by atoms with van der Waals surface area (Å²) in [7, 11) is 0. The molecule has 3 aromatic rings. The number of fused-ring (bicyclic) bond motifs is 1. The Labute approximate surface area is 88.5 Å². The molecule has 74 valence electrons. The monoisotopic (exact) mass is 221 g/mol. The number of aromatic nitrogens is 5. The Balaban J connectivity index is 2.26. The molecule has 0 aliphatic rings. The highest BCUT2D eigenvalue weighted by molar-refractivity contribution is 6.28. The minimum absolute atomic E-state index is 0.166. The maximum atomic E-state index is 5.68. The van der Waals surface area contributed by atoms with Crippen LogP contribution >= 0.6 is 11.6 Å². The van der Waals surface area contributed by atoms with Gasteiger partial charge in [0.25, 0.3) is 0 Å². The molecule has 0 fully saturated rings. The van der Waals surface area contributed by atoms with Gasteiger partial charge in [-0.05, 0) is 11.6 Å². The second kappa shape index (κ2) is 3.03. The Bertz CT molecular complexity index is 616. The van der Waals surface area contributed by atoms with E-state index in [1.54, 1.807) is 18.5 Å². The molecule has 0 unspecified atom stereocenters. The van der Waals surface area contributed by atoms with Crippen molar-refractivity contribution in [2.75, 3.05) is 0 Å². The normalized spacial score (nSPS) is 11.0. The molecule has 0 aliphatic heterocycles. The van der Waals surface area contributed by atoms with E-state index in [2.05, 4.69) is 20.1 Å². The minimum Gasteiger partial charge on any atom is -0.440 e. The Morgan fingerprint density at radius 3 is 3.13 bits per heavy atom. The fraction of sp³-hybridized carbons (Fsp3) is 0. The van der Waals surface area contributed by atoms with E-state index in [9.17, 15) is 0 Å². The molecule has 0 spiro atoms. The van der Waals surface area contributed by atoms with Gasteiger partial charge in [0.15, 0.2) is 17.8 Å². The first-order valence-electron chi connectivity index (χ1n) is 4.11. The molecule has 3 rings (SSSR count). The average molecular weight is 222 g/mol. The van der Waals surface area contributed by atoms with Gasteiger partial charge in [-0.15, -0.1) is 0 Å². The van der Waals surface area contributed by atoms with Crippen LogP contribution in [0.15, 0.2) is 29.3 Å². The van der Waals surface area contributed by atoms with E-state index in [1.165, 1.54) is 11.1 Å². The number of halogens is 1. The van der Waals surface area contributed by atoms with Crippen molar-refractivity contribution in [2.45, 2.75) is 0 Å². The van der Waals surface area contributed by atoms with Crippen LogP contribution < -0.4 is 0 Å². The number of nitrogens with zero attached hydrogens (tertiary/aromatic N) is 5. The topological polar surface area (TPSA) is 69.6 Å². The first-order chi connectivity index (χ1) is 7.34. The van der Waals surface area contributed by atoms with Crippen LogP contribution in [0.5, 0.6) is 0 Å². The van der Waals surface area contributed by atoms with E-state index in [-0.39, 0.29) is 5.28 Å². The quantitative estimate of drug-likeness (QED) is 0.582. The fourth-order valence-corrected chi connectivity index (χ4v) is 1.42. The van der Waals surface area contributed by atoms with Gasteiger partial charge in [-0.3, -0.25) is 0 Å². The van der Waals surface area contributed by atoms with Crippen molar-refractivity contribution in [1.82, 2.24) is 24.7 Å². The van der Waals surface area contributed by atoms with E-state index in [0.717, 1.165) is 0 Å². The van der Waals surface area contributed by atoms with Crippen molar-refractivity contribution >= 4 is 22.8 Å². The zero-order valence-electron chi connectivity index (χ0n) is 7.33. The van der Waals surface area contributed by atoms with Crippen molar-refractivity contribution in [3.63, 3.8) is 0 Å². The van der Waals surface area contributed by atoms with Crippen LogP contribution in [0.25, 0.3) is 17.0 Å². The van der Waals surface area contributed by atoms with Gasteiger partial charge in [0, 0.05) is 12.3 Å². The van der Waals surface area contributed by atoms with E-state index < -0.39 is 0 Å². The highest BCUT2D eigenvalue weighted by atomic mass is 35.5. The Morgan fingerprint density at radius 2 is 2.27 bits per heavy atom. The lowest BCUT2D eigenvalue weighted by Crippen LogP contribution is -2.00. The predicted octanol–water partition coefficient (Wildman–Crippen LogP) is 1.46. The van der Waals surface area contributed by atoms with E-state index in [1.807, 2.05) is 0 Å². The van der Waals surface area contributed by atoms with Crippen molar-refractivity contribution in [3.8, 4) is 5.82 Å². The molecule has 0 aromatic carbocycles. The molecule has 6 nitrogen and oxygen atoms in total. The second-order valence-corrected chi connectivity index (χ2v) is 3.12. The summed E-state index contributed by atoms with van der Waals surface area (Å²) in [5.74, 6) is 0.555. The smallest absolute Gasteiger partial charge is 0.224 e. The third-order valence-electron chi connectivity index (χ3n) is 1.89. The molecule has 0 radical (unpaired) electrons. The van der Waals surface area contributed by atoms with Crippen LogP contribution in [0.3, 0.4) is 0 Å². The number of rotatable bonds is 1. The van der Waals surface area contributed by atoms with E-state index in [0.29, 0.717) is 17.0 Å². The molecular weight excluding hydrogens is 218 g/mol. The van der Waals surface area contributed by atoms with Crippen molar-refractivity contribution in [2.24, 2.45) is 0 Å². The summed E-state index contributed by atoms with van der Waals surface area (Å²) >= 11 is 5.68. The molecule has 7 heteroatoms. The van der Waals surface area contributed by atoms with Gasteiger partial charge in [-0.2, -0.15) is 19.7 Å². The molecule has 0 aliphatic carbocycles. The predicted molar refractivity (Wildman–Crippen MR) is 51.7 cm³/mol. The molecule has 0 atom stereocenters. The maximum absolute atomic E-state index is 5.68. The van der Waals surface area contributed by atoms with Crippen LogP contribution in [0, 0.1) is 0 Å². The van der Waals surface area contributed by atoms with E-state index >= 15 is 0 Å². The minimum atomic E-state index is 0.166. The summed E-state index contributed by atoms with van der Waals surface area (Å²) in [6, 6.07) is 1.69. The standard InChI is InChI=1S/C8H4ClN5O/c9-8-10-2-1-6(13-8)14-7-5(3-12-14)15-4-11-7/h1-4H. The Morgan fingerprint density at radius 1 is 1.33 bits per heavy atom. The Kier molecular flexibility index (Phi) is 1.69. The summed E-state index contributed by atoms with van der Waals surface area (Å²) in [6.45, 7) is 0. The molecule has 3 aromatic heterocycles. The summed E-state index contributed by atoms with van der Waals surface area (Å²) in [4.78, 5) is 11.8. The highest BCUT2D eigenvalue weighted by Gasteiger charge is 2.09. The fourth-order valence-electron chi connectivity index (χ4n) is 1.27. The molecular formula is C8H4ClN5O. The SMILES string of the molecule is Clc1nccc(-n2ncc3ocnc32)n1. The van der Waals surface area contributed by atoms with Crippen LogP contribution in [-0.2, 0) is 0 Å². The molecule has 15 heavy (non-hydrogen) atoms. The number of oxazole rings is 1. The van der Waals surface area contributed by atoms with Gasteiger partial charge in [0.05, 0.1) is 6.20 Å². The Hall–Kier alpha value is -1.95. The lowest BCUT2D eigenvalue weighted by Gasteiger charge is -1.98. The summed E-state index contributed by atoms with van der Waals surface area (Å²) in [5, 5.41) is 4.24. The second-order valence-electron chi connectivity index (χ2n) is 2.78. The van der Waals surface area contributed by atoms with Crippen molar-refractivity contribution < 1.29 is 4.42 Å². The van der Waals surface area contributed by atoms with Crippen LogP contribution in [0.1, 0.15) is 0 Å². The van der Waals surface area contributed by atoms with Crippen molar-refractivity contribution in [3.05, 3.63) is 30.1 Å². The van der Waals surface area contributed by atoms with Gasteiger partial charge in [0.1, 0.15) is 0 Å². The summed E-state index contributed by atoms with van der Waals surface area (Å²) in [6.07, 6.45) is 4.47. The first kappa shape index (κ1) is 8.37. The van der Waals surface area contributed by atoms with Gasteiger partial charge in [-0.1, -0.05) is 0 Å². The third kappa shape index (κ3) is 1.26. The molecule has 0 saturated carbocycles. The first-order valence-corrected chi connectivity index (χ1v) is 4.48. The highest BCUT2D eigenvalue weighted by Crippen LogP contribution is 2.15. The molecule has 0 saturated heterocycles. The van der Waals surface area contributed by atoms with Crippen LogP contribution in [0.4, 0.5) is 0 Å². The number of hydrogen-bond donors (Lipinski definition) is 0. The van der Waals surface area contributed by atoms with Gasteiger partial charge in [-0.25, -0.2) is 4.98 Å². The van der Waals surface area contributed by atoms with Gasteiger partial charge < -0.3 is 4.42 Å². The molecule has 0 bridgehead atoms. The molecule has 0 N–H and O–H groups in total. The summed E-state index contributed by atoms with van der Waals surface area (Å²) in [5.41, 5.74) is 1.20. The maximum Gasteiger partial charge on any atom is 0.224 e. The lowest BCUT2D eigenvalue weighted by molar-refractivity contribution is 0.600. The zero-order chi connectivity index (χ0) is 10.3. The van der Waals surface area contributed by atoms with Crippen LogP contribution in [-0.4, -0.2) is 24.7 Å². The molecule has 0 amide bonds. The van der Waals surface area contributed by atoms with Gasteiger partial charge >= 0.3 is 0 Å². The summed E-state index contributed by atoms with van der Waals surface area (Å²) < 4.78 is 6.61. The third-order valence-corrected chi connectivity index (χ3v) is 2.08.